The van der Waals surface area contributed by atoms with Gasteiger partial charge in [0.25, 0.3) is 0 Å². The van der Waals surface area contributed by atoms with Gasteiger partial charge >= 0.3 is 31.7 Å². The highest BCUT2D eigenvalue weighted by Crippen LogP contribution is 2.49. The highest BCUT2D eigenvalue weighted by atomic mass is 31.2. The quantitative estimate of drug-likeness (QED) is 0.00889. The predicted octanol–water partition coefficient (Wildman–Crippen LogP) is 17.1. The fourth-order valence-corrected chi connectivity index (χ4v) is 16.1. The molecule has 10 N–H and O–H groups in total. The van der Waals surface area contributed by atoms with Gasteiger partial charge in [-0.05, 0) is 103 Å². The molecule has 2 aliphatic heterocycles. The third kappa shape index (κ3) is 50.3. The summed E-state index contributed by atoms with van der Waals surface area (Å²) in [6.45, 7) is 5.55. The van der Waals surface area contributed by atoms with Gasteiger partial charge in [-0.1, -0.05) is 295 Å². The Morgan fingerprint density at radius 1 is 0.333 bits per heavy atom. The van der Waals surface area contributed by atoms with Crippen LogP contribution >= 0.6 is 7.82 Å². The second kappa shape index (κ2) is 70.0. The van der Waals surface area contributed by atoms with Gasteiger partial charge in [0, 0.05) is 25.7 Å². The Balaban J connectivity index is 1.93. The van der Waals surface area contributed by atoms with Crippen molar-refractivity contribution in [3.05, 3.63) is 36.5 Å². The van der Waals surface area contributed by atoms with Gasteiger partial charge in [-0.3, -0.25) is 28.2 Å². The van der Waals surface area contributed by atoms with Crippen LogP contribution in [0.25, 0.3) is 0 Å². The lowest BCUT2D eigenvalue weighted by atomic mass is 9.84. The van der Waals surface area contributed by atoms with Crippen molar-refractivity contribution in [3.8, 4) is 0 Å². The number of hydrogen-bond donors (Lipinski definition) is 10. The van der Waals surface area contributed by atoms with Crippen LogP contribution in [0.5, 0.6) is 0 Å². The number of unbranched alkanes of at least 4 members (excludes halogenated alkanes) is 45. The van der Waals surface area contributed by atoms with Gasteiger partial charge in [-0.15, -0.1) is 0 Å². The maximum absolute atomic E-state index is 14.9. The van der Waals surface area contributed by atoms with E-state index in [4.69, 9.17) is 46.9 Å². The van der Waals surface area contributed by atoms with E-state index in [1.807, 2.05) is 0 Å². The standard InChI is InChI=1S/C91H165O25P/c1-5-9-13-17-21-25-29-33-36-40-44-47-51-55-59-63-74(93)107-68-71(110-76(95)65-61-57-53-49-45-41-37-34-30-26-22-18-14-10-6-2)69-109-117(105,106)116-89-87(114-90-84(103)80(99)78(97)72(67-92)111-90)83(102)82(101)86(113-77(96)66-62-58-54-50-46-42-38-35-31-27-23-19-15-11-7-3)88(89)115-91-85(104)81(100)79(98)73(112-91)70-108-75(94)64-60-56-52-48-43-39-32-28-24-20-16-12-8-4/h25,27,29,31,39,43,71-73,78-92,97-104H,5-24,26,28,30,32-38,40-42,44-70H2,1-4H3,(H,105,106)/b29-25-,31-27-,43-39-. The van der Waals surface area contributed by atoms with Crippen molar-refractivity contribution in [1.29, 1.82) is 0 Å². The molecule has 18 unspecified atom stereocenters. The summed E-state index contributed by atoms with van der Waals surface area (Å²) in [5, 5.41) is 102. The third-order valence-electron chi connectivity index (χ3n) is 22.6. The number of hydrogen-bond acceptors (Lipinski definition) is 24. The summed E-state index contributed by atoms with van der Waals surface area (Å²) in [7, 11) is -5.81. The summed E-state index contributed by atoms with van der Waals surface area (Å²) < 4.78 is 73.4. The molecule has 2 heterocycles. The molecule has 3 fully saturated rings. The summed E-state index contributed by atoms with van der Waals surface area (Å²) in [4.78, 5) is 66.4. The summed E-state index contributed by atoms with van der Waals surface area (Å²) >= 11 is 0. The number of aliphatic hydroxyl groups is 9. The number of phosphoric acid groups is 1. The van der Waals surface area contributed by atoms with E-state index >= 15 is 0 Å². The van der Waals surface area contributed by atoms with Crippen LogP contribution in [0.1, 0.15) is 387 Å². The molecule has 0 spiro atoms. The molecule has 0 aromatic heterocycles. The maximum Gasteiger partial charge on any atom is 0.472 e. The van der Waals surface area contributed by atoms with E-state index in [2.05, 4.69) is 64.2 Å². The Bertz CT molecular complexity index is 2580. The second-order valence-electron chi connectivity index (χ2n) is 33.2. The third-order valence-corrected chi connectivity index (χ3v) is 23.6. The smallest absolute Gasteiger partial charge is 0.463 e. The minimum absolute atomic E-state index is 0.00742. The van der Waals surface area contributed by atoms with Crippen molar-refractivity contribution < 1.29 is 122 Å². The Morgan fingerprint density at radius 2 is 0.641 bits per heavy atom. The van der Waals surface area contributed by atoms with E-state index in [0.717, 1.165) is 154 Å². The molecule has 3 aliphatic rings. The van der Waals surface area contributed by atoms with Crippen molar-refractivity contribution in [1.82, 2.24) is 0 Å². The molecule has 0 amide bonds. The van der Waals surface area contributed by atoms with Crippen LogP contribution in [-0.2, 0) is 70.7 Å². The topological polar surface area (TPSA) is 380 Å². The van der Waals surface area contributed by atoms with E-state index in [9.17, 15) is 74.6 Å². The predicted molar refractivity (Wildman–Crippen MR) is 453 cm³/mol. The zero-order valence-electron chi connectivity index (χ0n) is 72.7. The minimum Gasteiger partial charge on any atom is -0.463 e. The number of carbonyl (C=O) groups excluding carboxylic acids is 4. The molecule has 0 radical (unpaired) electrons. The van der Waals surface area contributed by atoms with Crippen molar-refractivity contribution in [2.45, 2.75) is 491 Å². The van der Waals surface area contributed by atoms with Crippen LogP contribution in [0.15, 0.2) is 36.5 Å². The van der Waals surface area contributed by atoms with Crippen LogP contribution in [0, 0.1) is 0 Å². The monoisotopic (exact) mass is 1690 g/mol. The van der Waals surface area contributed by atoms with E-state index in [1.165, 1.54) is 141 Å². The van der Waals surface area contributed by atoms with E-state index in [1.54, 1.807) is 0 Å². The van der Waals surface area contributed by atoms with Gasteiger partial charge in [-0.2, -0.15) is 0 Å². The summed E-state index contributed by atoms with van der Waals surface area (Å²) in [6.07, 6.45) is 31.4. The van der Waals surface area contributed by atoms with Crippen LogP contribution < -0.4 is 0 Å². The molecular weight excluding hydrogens is 1520 g/mol. The van der Waals surface area contributed by atoms with Crippen molar-refractivity contribution >= 4 is 31.7 Å². The SMILES string of the molecule is CCCCCC/C=C\CCCCCCCCCC(=O)OCC(COP(=O)(O)OC1C(OC2OC(CO)C(O)C(O)C2O)C(O)C(O)C(OC(=O)CCCCCCCCC/C=C\CCCCCC)C1OC1OC(COC(=O)CCCCC/C=C\CCCCCCCC)C(O)C(O)C1O)OC(=O)CCCCCCCCCCCCCCCCC. The Morgan fingerprint density at radius 3 is 1.03 bits per heavy atom. The summed E-state index contributed by atoms with van der Waals surface area (Å²) in [5.74, 6) is -2.99. The largest absolute Gasteiger partial charge is 0.472 e. The van der Waals surface area contributed by atoms with Gasteiger partial charge in [0.1, 0.15) is 92.6 Å². The Hall–Kier alpha value is -3.31. The molecule has 25 nitrogen and oxygen atoms in total. The van der Waals surface area contributed by atoms with Gasteiger partial charge < -0.3 is 88.7 Å². The molecule has 117 heavy (non-hydrogen) atoms. The molecule has 3 rings (SSSR count). The van der Waals surface area contributed by atoms with Crippen LogP contribution in [0.2, 0.25) is 0 Å². The van der Waals surface area contributed by atoms with Crippen molar-refractivity contribution in [2.75, 3.05) is 26.4 Å². The van der Waals surface area contributed by atoms with Gasteiger partial charge in [0.15, 0.2) is 24.8 Å². The van der Waals surface area contributed by atoms with Crippen LogP contribution in [-0.4, -0.2) is 205 Å². The first-order chi connectivity index (χ1) is 56.7. The highest BCUT2D eigenvalue weighted by molar-refractivity contribution is 7.47. The molecule has 1 saturated carbocycles. The molecule has 0 aromatic rings. The minimum atomic E-state index is -5.81. The molecule has 2 saturated heterocycles. The Labute approximate surface area is 704 Å². The number of carbonyl (C=O) groups is 4. The first-order valence-corrected chi connectivity index (χ1v) is 48.2. The average Bonchev–Trinajstić information content (AvgIpc) is 0.755. The van der Waals surface area contributed by atoms with Gasteiger partial charge in [0.2, 0.25) is 0 Å². The lowest BCUT2D eigenvalue weighted by Crippen LogP contribution is -2.70. The van der Waals surface area contributed by atoms with Crippen LogP contribution in [0.4, 0.5) is 0 Å². The van der Waals surface area contributed by atoms with E-state index in [-0.39, 0.29) is 25.7 Å². The van der Waals surface area contributed by atoms with E-state index < -0.39 is 162 Å². The van der Waals surface area contributed by atoms with Gasteiger partial charge in [0.05, 0.1) is 13.2 Å². The molecule has 18 atom stereocenters. The van der Waals surface area contributed by atoms with Crippen molar-refractivity contribution in [3.63, 3.8) is 0 Å². The first-order valence-electron chi connectivity index (χ1n) is 46.7. The number of esters is 4. The van der Waals surface area contributed by atoms with E-state index in [0.29, 0.717) is 38.5 Å². The second-order valence-corrected chi connectivity index (χ2v) is 34.6. The lowest BCUT2D eigenvalue weighted by molar-refractivity contribution is -0.360. The number of allylic oxidation sites excluding steroid dienone is 6. The first kappa shape index (κ1) is 108. The molecule has 1 aliphatic carbocycles. The maximum atomic E-state index is 14.9. The zero-order valence-corrected chi connectivity index (χ0v) is 73.6. The lowest BCUT2D eigenvalue weighted by Gasteiger charge is -2.50. The molecular formula is C91H165O25P. The van der Waals surface area contributed by atoms with Gasteiger partial charge in [-0.25, -0.2) is 4.57 Å². The number of rotatable bonds is 75. The molecule has 0 aromatic carbocycles. The summed E-state index contributed by atoms with van der Waals surface area (Å²) in [6, 6.07) is 0. The fraction of sp³-hybridized carbons (Fsp3) is 0.890. The average molecular weight is 1690 g/mol. The van der Waals surface area contributed by atoms with Crippen LogP contribution in [0.3, 0.4) is 0 Å². The fourth-order valence-electron chi connectivity index (χ4n) is 15.1. The zero-order chi connectivity index (χ0) is 85.4. The highest BCUT2D eigenvalue weighted by Gasteiger charge is 2.60. The number of ether oxygens (including phenoxy) is 8. The molecule has 684 valence electrons. The number of aliphatic hydroxyl groups excluding tert-OH is 9. The summed E-state index contributed by atoms with van der Waals surface area (Å²) in [5.41, 5.74) is 0. The Kier molecular flexibility index (Phi) is 64.6. The normalized spacial score (nSPS) is 25.2. The van der Waals surface area contributed by atoms with Crippen molar-refractivity contribution in [2.24, 2.45) is 0 Å². The molecule has 0 bridgehead atoms. The molecule has 26 heteroatoms. The number of phosphoric ester groups is 1.